The summed E-state index contributed by atoms with van der Waals surface area (Å²) in [5, 5.41) is 0. The Labute approximate surface area is 130 Å². The number of nitrogens with zero attached hydrogens (tertiary/aromatic N) is 2. The summed E-state index contributed by atoms with van der Waals surface area (Å²) in [6.45, 7) is 1.38. The number of benzene rings is 1. The number of carbonyl (C=O) groups is 1. The third-order valence-corrected chi connectivity index (χ3v) is 3.99. The van der Waals surface area contributed by atoms with Gasteiger partial charge >= 0.3 is 0 Å². The van der Waals surface area contributed by atoms with Crippen LogP contribution in [-0.4, -0.2) is 28.5 Å². The second-order valence-electron chi connectivity index (χ2n) is 5.63. The molecule has 0 saturated carbocycles. The van der Waals surface area contributed by atoms with Crippen molar-refractivity contribution in [1.29, 1.82) is 0 Å². The van der Waals surface area contributed by atoms with E-state index in [-0.39, 0.29) is 11.7 Å². The number of ether oxygens (including phenoxy) is 1. The van der Waals surface area contributed by atoms with E-state index in [4.69, 9.17) is 4.74 Å². The zero-order valence-corrected chi connectivity index (χ0v) is 12.7. The molecule has 1 saturated heterocycles. The van der Waals surface area contributed by atoms with Gasteiger partial charge in [0.05, 0.1) is 12.0 Å². The average molecular weight is 296 g/mol. The van der Waals surface area contributed by atoms with Crippen molar-refractivity contribution in [2.24, 2.45) is 13.0 Å². The molecule has 4 heteroatoms. The van der Waals surface area contributed by atoms with E-state index in [0.29, 0.717) is 13.2 Å². The molecular weight excluding hydrogens is 276 g/mol. The quantitative estimate of drug-likeness (QED) is 0.814. The number of carbonyl (C=O) groups excluding carboxylic acids is 1. The lowest BCUT2D eigenvalue weighted by Crippen LogP contribution is -2.21. The van der Waals surface area contributed by atoms with Gasteiger partial charge in [0.25, 0.3) is 0 Å². The maximum atomic E-state index is 12.3. The van der Waals surface area contributed by atoms with Crippen molar-refractivity contribution in [3.8, 4) is 11.3 Å². The van der Waals surface area contributed by atoms with Crippen LogP contribution in [0.2, 0.25) is 0 Å². The Hall–Kier alpha value is -2.20. The van der Waals surface area contributed by atoms with Gasteiger partial charge in [0, 0.05) is 37.9 Å². The van der Waals surface area contributed by atoms with Crippen LogP contribution in [0.4, 0.5) is 0 Å². The Bertz CT molecular complexity index is 682. The Morgan fingerprint density at radius 2 is 2.09 bits per heavy atom. The molecule has 0 amide bonds. The SMILES string of the molecule is Cn1cnc(-c2ccccc2/C=C/C(=O)C2CCOCC2)c1. The third kappa shape index (κ3) is 3.34. The van der Waals surface area contributed by atoms with Gasteiger partial charge in [0.2, 0.25) is 0 Å². The second kappa shape index (κ2) is 6.71. The molecule has 2 heterocycles. The molecule has 1 aromatic carbocycles. The van der Waals surface area contributed by atoms with Crippen LogP contribution in [-0.2, 0) is 16.6 Å². The molecule has 0 bridgehead atoms. The summed E-state index contributed by atoms with van der Waals surface area (Å²) < 4.78 is 7.22. The van der Waals surface area contributed by atoms with E-state index in [0.717, 1.165) is 29.7 Å². The van der Waals surface area contributed by atoms with Crippen LogP contribution >= 0.6 is 0 Å². The molecule has 2 aromatic rings. The number of imidazole rings is 1. The lowest BCUT2D eigenvalue weighted by molar-refractivity contribution is -0.120. The van der Waals surface area contributed by atoms with Crippen molar-refractivity contribution < 1.29 is 9.53 Å². The molecule has 0 spiro atoms. The first-order valence-corrected chi connectivity index (χ1v) is 7.61. The molecule has 0 N–H and O–H groups in total. The van der Waals surface area contributed by atoms with Gasteiger partial charge in [-0.25, -0.2) is 4.98 Å². The molecule has 1 aromatic heterocycles. The highest BCUT2D eigenvalue weighted by Crippen LogP contribution is 2.23. The summed E-state index contributed by atoms with van der Waals surface area (Å²) in [4.78, 5) is 16.7. The van der Waals surface area contributed by atoms with E-state index in [1.165, 1.54) is 0 Å². The Balaban J connectivity index is 1.80. The summed E-state index contributed by atoms with van der Waals surface area (Å²) in [7, 11) is 1.95. The van der Waals surface area contributed by atoms with Crippen LogP contribution in [0.25, 0.3) is 17.3 Å². The van der Waals surface area contributed by atoms with Crippen LogP contribution in [0.3, 0.4) is 0 Å². The van der Waals surface area contributed by atoms with Gasteiger partial charge in [0.1, 0.15) is 0 Å². The Morgan fingerprint density at radius 3 is 2.82 bits per heavy atom. The number of allylic oxidation sites excluding steroid dienone is 1. The number of ketones is 1. The van der Waals surface area contributed by atoms with Gasteiger partial charge in [-0.1, -0.05) is 30.3 Å². The summed E-state index contributed by atoms with van der Waals surface area (Å²) in [6, 6.07) is 8.01. The van der Waals surface area contributed by atoms with Crippen LogP contribution in [0.15, 0.2) is 42.9 Å². The van der Waals surface area contributed by atoms with Crippen molar-refractivity contribution in [3.63, 3.8) is 0 Å². The van der Waals surface area contributed by atoms with Crippen LogP contribution in [0.1, 0.15) is 18.4 Å². The molecule has 22 heavy (non-hydrogen) atoms. The normalized spacial score (nSPS) is 16.2. The highest BCUT2D eigenvalue weighted by molar-refractivity contribution is 5.96. The minimum Gasteiger partial charge on any atom is -0.381 e. The Morgan fingerprint density at radius 1 is 1.32 bits per heavy atom. The van der Waals surface area contributed by atoms with Crippen LogP contribution in [0, 0.1) is 5.92 Å². The predicted molar refractivity (Wildman–Crippen MR) is 86.2 cm³/mol. The number of hydrogen-bond donors (Lipinski definition) is 0. The number of aromatic nitrogens is 2. The fourth-order valence-electron chi connectivity index (χ4n) is 2.72. The summed E-state index contributed by atoms with van der Waals surface area (Å²) in [6.07, 6.45) is 9.02. The van der Waals surface area contributed by atoms with E-state index < -0.39 is 0 Å². The van der Waals surface area contributed by atoms with E-state index in [2.05, 4.69) is 4.98 Å². The van der Waals surface area contributed by atoms with Gasteiger partial charge in [-0.2, -0.15) is 0 Å². The average Bonchev–Trinajstić information content (AvgIpc) is 3.00. The van der Waals surface area contributed by atoms with Gasteiger partial charge in [-0.05, 0) is 24.5 Å². The van der Waals surface area contributed by atoms with E-state index in [1.54, 1.807) is 12.4 Å². The van der Waals surface area contributed by atoms with Crippen LogP contribution < -0.4 is 0 Å². The van der Waals surface area contributed by atoms with Crippen molar-refractivity contribution >= 4 is 11.9 Å². The number of hydrogen-bond acceptors (Lipinski definition) is 3. The highest BCUT2D eigenvalue weighted by atomic mass is 16.5. The molecular formula is C18H20N2O2. The minimum absolute atomic E-state index is 0.104. The lowest BCUT2D eigenvalue weighted by atomic mass is 9.94. The van der Waals surface area contributed by atoms with Gasteiger partial charge in [0.15, 0.2) is 5.78 Å². The second-order valence-corrected chi connectivity index (χ2v) is 5.63. The van der Waals surface area contributed by atoms with Crippen molar-refractivity contribution in [3.05, 3.63) is 48.4 Å². The predicted octanol–water partition coefficient (Wildman–Crippen LogP) is 3.10. The molecule has 1 aliphatic heterocycles. The lowest BCUT2D eigenvalue weighted by Gasteiger charge is -2.19. The Kier molecular flexibility index (Phi) is 4.49. The smallest absolute Gasteiger partial charge is 0.158 e. The zero-order chi connectivity index (χ0) is 15.4. The summed E-state index contributed by atoms with van der Waals surface area (Å²) in [5.41, 5.74) is 2.97. The van der Waals surface area contributed by atoms with E-state index in [9.17, 15) is 4.79 Å². The van der Waals surface area contributed by atoms with Crippen molar-refractivity contribution in [1.82, 2.24) is 9.55 Å². The van der Waals surface area contributed by atoms with E-state index in [1.807, 2.05) is 48.2 Å². The monoisotopic (exact) mass is 296 g/mol. The molecule has 1 fully saturated rings. The van der Waals surface area contributed by atoms with Crippen LogP contribution in [0.5, 0.6) is 0 Å². The van der Waals surface area contributed by atoms with Crippen molar-refractivity contribution in [2.75, 3.05) is 13.2 Å². The molecule has 0 aliphatic carbocycles. The standard InChI is InChI=1S/C18H20N2O2/c1-20-12-17(19-13-20)16-5-3-2-4-14(16)6-7-18(21)15-8-10-22-11-9-15/h2-7,12-13,15H,8-11H2,1H3/b7-6+. The summed E-state index contributed by atoms with van der Waals surface area (Å²) in [5.74, 6) is 0.297. The van der Waals surface area contributed by atoms with Gasteiger partial charge in [-0.15, -0.1) is 0 Å². The fourth-order valence-corrected chi connectivity index (χ4v) is 2.72. The fraction of sp³-hybridized carbons (Fsp3) is 0.333. The molecule has 114 valence electrons. The first-order valence-electron chi connectivity index (χ1n) is 7.61. The minimum atomic E-state index is 0.104. The molecule has 0 unspecified atom stereocenters. The molecule has 3 rings (SSSR count). The first-order chi connectivity index (χ1) is 10.7. The highest BCUT2D eigenvalue weighted by Gasteiger charge is 2.19. The first kappa shape index (κ1) is 14.7. The number of rotatable bonds is 4. The maximum absolute atomic E-state index is 12.3. The maximum Gasteiger partial charge on any atom is 0.158 e. The zero-order valence-electron chi connectivity index (χ0n) is 12.7. The van der Waals surface area contributed by atoms with Gasteiger partial charge in [-0.3, -0.25) is 4.79 Å². The third-order valence-electron chi connectivity index (χ3n) is 3.99. The largest absolute Gasteiger partial charge is 0.381 e. The molecule has 1 aliphatic rings. The molecule has 0 atom stereocenters. The topological polar surface area (TPSA) is 44.1 Å². The van der Waals surface area contributed by atoms with E-state index >= 15 is 0 Å². The van der Waals surface area contributed by atoms with Gasteiger partial charge < -0.3 is 9.30 Å². The summed E-state index contributed by atoms with van der Waals surface area (Å²) >= 11 is 0. The number of aryl methyl sites for hydroxylation is 1. The molecule has 4 nitrogen and oxygen atoms in total. The van der Waals surface area contributed by atoms with Crippen molar-refractivity contribution in [2.45, 2.75) is 12.8 Å². The molecule has 0 radical (unpaired) electrons.